The third kappa shape index (κ3) is 5.02. The van der Waals surface area contributed by atoms with Crippen LogP contribution in [0.1, 0.15) is 6.92 Å². The van der Waals surface area contributed by atoms with Crippen molar-refractivity contribution in [3.63, 3.8) is 0 Å². The molecule has 0 saturated carbocycles. The minimum absolute atomic E-state index is 0.00708. The topological polar surface area (TPSA) is 88.2 Å². The van der Waals surface area contributed by atoms with Crippen LogP contribution < -0.4 is 5.73 Å². The molecule has 3 N–H and O–H groups in total. The number of hydrogen-bond donors (Lipinski definition) is 2. The lowest BCUT2D eigenvalue weighted by Gasteiger charge is -2.15. The molecule has 0 aliphatic heterocycles. The molecule has 13 heavy (non-hydrogen) atoms. The van der Waals surface area contributed by atoms with Crippen LogP contribution in [0.4, 0.5) is 0 Å². The lowest BCUT2D eigenvalue weighted by atomic mass is 10.5. The predicted molar refractivity (Wildman–Crippen MR) is 47.5 cm³/mol. The molecule has 0 unspecified atom stereocenters. The molecule has 0 radical (unpaired) electrons. The number of carbonyl (C=O) groups is 1. The van der Waals surface area contributed by atoms with Gasteiger partial charge in [-0.25, -0.2) is 0 Å². The molecule has 0 saturated heterocycles. The fourth-order valence-electron chi connectivity index (χ4n) is 0.662. The first-order valence-electron chi connectivity index (χ1n) is 3.90. The summed E-state index contributed by atoms with van der Waals surface area (Å²) in [5, 5.41) is 11.0. The van der Waals surface area contributed by atoms with E-state index in [0.717, 1.165) is 0 Å². The van der Waals surface area contributed by atoms with Crippen molar-refractivity contribution in [3.8, 4) is 0 Å². The summed E-state index contributed by atoms with van der Waals surface area (Å²) in [5.41, 5.74) is 5.21. The van der Waals surface area contributed by atoms with Crippen molar-refractivity contribution < 1.29 is 14.7 Å². The molecule has 0 aromatic heterocycles. The largest absolute Gasteiger partial charge is 0.409 e. The van der Waals surface area contributed by atoms with Gasteiger partial charge < -0.3 is 20.6 Å². The quantitative estimate of drug-likeness (QED) is 0.257. The Kier molecular flexibility index (Phi) is 5.62. The maximum atomic E-state index is 11.2. The number of amidine groups is 1. The Morgan fingerprint density at radius 1 is 1.69 bits per heavy atom. The molecule has 0 aromatic rings. The van der Waals surface area contributed by atoms with Gasteiger partial charge in [-0.1, -0.05) is 5.16 Å². The van der Waals surface area contributed by atoms with Crippen LogP contribution in [0.3, 0.4) is 0 Å². The van der Waals surface area contributed by atoms with Crippen LogP contribution in [-0.4, -0.2) is 48.7 Å². The van der Waals surface area contributed by atoms with Gasteiger partial charge in [-0.2, -0.15) is 0 Å². The monoisotopic (exact) mass is 189 g/mol. The molecule has 0 fully saturated rings. The molecule has 76 valence electrons. The highest BCUT2D eigenvalue weighted by Crippen LogP contribution is 1.86. The summed E-state index contributed by atoms with van der Waals surface area (Å²) in [7, 11) is 1.55. The summed E-state index contributed by atoms with van der Waals surface area (Å²) in [5.74, 6) is -0.208. The second kappa shape index (κ2) is 6.24. The molecule has 0 aliphatic carbocycles. The zero-order valence-electron chi connectivity index (χ0n) is 7.86. The van der Waals surface area contributed by atoms with Crippen molar-refractivity contribution >= 4 is 11.7 Å². The van der Waals surface area contributed by atoms with Crippen molar-refractivity contribution in [1.82, 2.24) is 4.90 Å². The zero-order valence-corrected chi connectivity index (χ0v) is 7.86. The van der Waals surface area contributed by atoms with Crippen LogP contribution in [-0.2, 0) is 9.53 Å². The molecule has 0 spiro atoms. The molecule has 6 heteroatoms. The molecular weight excluding hydrogens is 174 g/mol. The number of carbonyl (C=O) groups excluding carboxylic acids is 1. The van der Waals surface area contributed by atoms with E-state index in [9.17, 15) is 4.79 Å². The van der Waals surface area contributed by atoms with Gasteiger partial charge in [0.15, 0.2) is 5.84 Å². The van der Waals surface area contributed by atoms with E-state index < -0.39 is 0 Å². The Balaban J connectivity index is 3.82. The van der Waals surface area contributed by atoms with Crippen molar-refractivity contribution in [3.05, 3.63) is 0 Å². The second-order valence-electron chi connectivity index (χ2n) is 2.48. The van der Waals surface area contributed by atoms with Crippen LogP contribution in [0.2, 0.25) is 0 Å². The molecule has 0 atom stereocenters. The van der Waals surface area contributed by atoms with Gasteiger partial charge in [0.25, 0.3) is 0 Å². The Bertz CT molecular complexity index is 193. The van der Waals surface area contributed by atoms with E-state index >= 15 is 0 Å². The lowest BCUT2D eigenvalue weighted by molar-refractivity contribution is -0.133. The third-order valence-electron chi connectivity index (χ3n) is 1.38. The van der Waals surface area contributed by atoms with Crippen molar-refractivity contribution in [1.29, 1.82) is 0 Å². The minimum atomic E-state index is -0.201. The van der Waals surface area contributed by atoms with Gasteiger partial charge in [0.1, 0.15) is 6.61 Å². The molecular formula is C7H15N3O3. The molecule has 6 nitrogen and oxygen atoms in total. The van der Waals surface area contributed by atoms with Crippen LogP contribution in [0.25, 0.3) is 0 Å². The van der Waals surface area contributed by atoms with E-state index in [2.05, 4.69) is 5.16 Å². The zero-order chi connectivity index (χ0) is 10.3. The van der Waals surface area contributed by atoms with Crippen molar-refractivity contribution in [2.24, 2.45) is 10.9 Å². The number of oxime groups is 1. The average Bonchev–Trinajstić information content (AvgIpc) is 2.13. The summed E-state index contributed by atoms with van der Waals surface area (Å²) < 4.78 is 4.90. The fourth-order valence-corrected chi connectivity index (χ4v) is 0.662. The Labute approximate surface area is 76.9 Å². The van der Waals surface area contributed by atoms with E-state index in [1.165, 1.54) is 4.90 Å². The Morgan fingerprint density at radius 2 is 2.31 bits per heavy atom. The van der Waals surface area contributed by atoms with Crippen LogP contribution in [0.15, 0.2) is 5.16 Å². The standard InChI is InChI=1S/C7H15N3O3/c1-3-13-5-7(11)10(2)4-6(8)9-12/h12H,3-5H2,1-2H3,(H2,8,9). The van der Waals surface area contributed by atoms with Crippen molar-refractivity contribution in [2.75, 3.05) is 26.8 Å². The van der Waals surface area contributed by atoms with Gasteiger partial charge in [-0.3, -0.25) is 4.79 Å². The molecule has 0 rings (SSSR count). The van der Waals surface area contributed by atoms with Gasteiger partial charge in [-0.15, -0.1) is 0 Å². The first-order chi connectivity index (χ1) is 6.11. The molecule has 0 heterocycles. The molecule has 0 bridgehead atoms. The van der Waals surface area contributed by atoms with E-state index in [4.69, 9.17) is 15.7 Å². The number of nitrogens with two attached hydrogens (primary N) is 1. The van der Waals surface area contributed by atoms with Crippen LogP contribution in [0, 0.1) is 0 Å². The first-order valence-corrected chi connectivity index (χ1v) is 3.90. The van der Waals surface area contributed by atoms with Crippen LogP contribution in [0.5, 0.6) is 0 Å². The number of amides is 1. The maximum absolute atomic E-state index is 11.2. The summed E-state index contributed by atoms with van der Waals surface area (Å²) >= 11 is 0. The predicted octanol–water partition coefficient (Wildman–Crippen LogP) is -0.772. The number of hydrogen-bond acceptors (Lipinski definition) is 4. The fraction of sp³-hybridized carbons (Fsp3) is 0.714. The Hall–Kier alpha value is -1.30. The maximum Gasteiger partial charge on any atom is 0.248 e. The number of nitrogens with zero attached hydrogens (tertiary/aromatic N) is 2. The van der Waals surface area contributed by atoms with Gasteiger partial charge in [0.2, 0.25) is 5.91 Å². The molecule has 0 aromatic carbocycles. The smallest absolute Gasteiger partial charge is 0.248 e. The van der Waals surface area contributed by atoms with Gasteiger partial charge in [-0.05, 0) is 6.92 Å². The summed E-state index contributed by atoms with van der Waals surface area (Å²) in [6.07, 6.45) is 0. The highest BCUT2D eigenvalue weighted by Gasteiger charge is 2.09. The van der Waals surface area contributed by atoms with Crippen molar-refractivity contribution in [2.45, 2.75) is 6.92 Å². The second-order valence-corrected chi connectivity index (χ2v) is 2.48. The Morgan fingerprint density at radius 3 is 2.77 bits per heavy atom. The van der Waals surface area contributed by atoms with E-state index in [1.807, 2.05) is 0 Å². The summed E-state index contributed by atoms with van der Waals surface area (Å²) in [6.45, 7) is 2.41. The van der Waals surface area contributed by atoms with E-state index in [-0.39, 0.29) is 24.9 Å². The highest BCUT2D eigenvalue weighted by atomic mass is 16.5. The van der Waals surface area contributed by atoms with Gasteiger partial charge in [0.05, 0.1) is 6.54 Å². The number of ether oxygens (including phenoxy) is 1. The number of likely N-dealkylation sites (N-methyl/N-ethyl adjacent to an activating group) is 1. The first kappa shape index (κ1) is 11.7. The van der Waals surface area contributed by atoms with Crippen LogP contribution >= 0.6 is 0 Å². The van der Waals surface area contributed by atoms with E-state index in [1.54, 1.807) is 14.0 Å². The average molecular weight is 189 g/mol. The lowest BCUT2D eigenvalue weighted by Crippen LogP contribution is -2.37. The molecule has 1 amide bonds. The number of rotatable bonds is 5. The normalized spacial score (nSPS) is 11.4. The van der Waals surface area contributed by atoms with E-state index in [0.29, 0.717) is 6.61 Å². The highest BCUT2D eigenvalue weighted by molar-refractivity contribution is 5.87. The third-order valence-corrected chi connectivity index (χ3v) is 1.38. The van der Waals surface area contributed by atoms with Gasteiger partial charge in [0, 0.05) is 13.7 Å². The molecule has 0 aliphatic rings. The SMILES string of the molecule is CCOCC(=O)N(C)CC(N)=NO. The minimum Gasteiger partial charge on any atom is -0.409 e. The summed E-state index contributed by atoms with van der Waals surface area (Å²) in [4.78, 5) is 12.5. The van der Waals surface area contributed by atoms with Gasteiger partial charge >= 0.3 is 0 Å². The summed E-state index contributed by atoms with van der Waals surface area (Å²) in [6, 6.07) is 0.